The Kier molecular flexibility index (Phi) is 3.65. The highest BCUT2D eigenvalue weighted by atomic mass is 32.2. The maximum atomic E-state index is 2.29. The van der Waals surface area contributed by atoms with Gasteiger partial charge in [-0.25, -0.2) is 0 Å². The van der Waals surface area contributed by atoms with Gasteiger partial charge in [-0.05, 0) is 60.1 Å². The molecular formula is C18H20S. The van der Waals surface area contributed by atoms with Crippen molar-refractivity contribution in [2.45, 2.75) is 38.2 Å². The van der Waals surface area contributed by atoms with Gasteiger partial charge in [0.25, 0.3) is 0 Å². The molecule has 4 bridgehead atoms. The molecule has 3 rings (SSSR count). The minimum Gasteiger partial charge on any atom is -0.152 e. The molecule has 0 amide bonds. The molecule has 0 spiro atoms. The average molecular weight is 268 g/mol. The number of rotatable bonds is 0. The van der Waals surface area contributed by atoms with Gasteiger partial charge in [0.2, 0.25) is 0 Å². The van der Waals surface area contributed by atoms with Crippen molar-refractivity contribution in [2.24, 2.45) is 0 Å². The van der Waals surface area contributed by atoms with E-state index in [1.54, 1.807) is 0 Å². The molecule has 1 heterocycles. The molecule has 19 heavy (non-hydrogen) atoms. The lowest BCUT2D eigenvalue weighted by atomic mass is 9.94. The summed E-state index contributed by atoms with van der Waals surface area (Å²) in [6.07, 6.45) is 2.32. The molecular weight excluding hydrogens is 248 g/mol. The first-order valence-electron chi connectivity index (χ1n) is 6.98. The topological polar surface area (TPSA) is 0 Å². The van der Waals surface area contributed by atoms with Gasteiger partial charge in [-0.1, -0.05) is 36.4 Å². The third-order valence-electron chi connectivity index (χ3n) is 4.30. The second kappa shape index (κ2) is 5.42. The van der Waals surface area contributed by atoms with Gasteiger partial charge in [-0.3, -0.25) is 0 Å². The van der Waals surface area contributed by atoms with Crippen LogP contribution in [0.2, 0.25) is 0 Å². The Bertz CT molecular complexity index is 545. The number of hydrogen-bond donors (Lipinski definition) is 0. The van der Waals surface area contributed by atoms with E-state index < -0.39 is 0 Å². The van der Waals surface area contributed by atoms with Crippen LogP contribution < -0.4 is 0 Å². The Balaban J connectivity index is 2.02. The lowest BCUT2D eigenvalue weighted by molar-refractivity contribution is 0.933. The van der Waals surface area contributed by atoms with Crippen molar-refractivity contribution in [1.82, 2.24) is 0 Å². The summed E-state index contributed by atoms with van der Waals surface area (Å²) in [6, 6.07) is 13.6. The number of aryl methyl sites for hydroxylation is 2. The van der Waals surface area contributed by atoms with Crippen molar-refractivity contribution >= 4 is 11.8 Å². The maximum absolute atomic E-state index is 2.29. The molecule has 0 atom stereocenters. The first-order valence-corrected chi connectivity index (χ1v) is 8.13. The summed E-state index contributed by atoms with van der Waals surface area (Å²) in [5, 5.41) is 0. The lowest BCUT2D eigenvalue weighted by Crippen LogP contribution is -1.98. The minimum absolute atomic E-state index is 1.13. The molecule has 0 N–H and O–H groups in total. The van der Waals surface area contributed by atoms with E-state index in [4.69, 9.17) is 0 Å². The van der Waals surface area contributed by atoms with Crippen LogP contribution in [0.15, 0.2) is 36.4 Å². The van der Waals surface area contributed by atoms with Gasteiger partial charge in [0.05, 0.1) is 0 Å². The zero-order valence-electron chi connectivity index (χ0n) is 11.7. The van der Waals surface area contributed by atoms with E-state index in [1.165, 1.54) is 33.4 Å². The SMILES string of the molecule is Cc1c2cccc1CSCc1cccc(c1C)CC2. The third-order valence-corrected chi connectivity index (χ3v) is 5.33. The summed E-state index contributed by atoms with van der Waals surface area (Å²) in [5.41, 5.74) is 9.06. The molecule has 0 fully saturated rings. The van der Waals surface area contributed by atoms with Crippen LogP contribution in [0, 0.1) is 13.8 Å². The van der Waals surface area contributed by atoms with Crippen molar-refractivity contribution in [3.05, 3.63) is 69.8 Å². The normalized spacial score (nSPS) is 14.8. The van der Waals surface area contributed by atoms with Crippen LogP contribution in [0.25, 0.3) is 0 Å². The zero-order chi connectivity index (χ0) is 13.2. The van der Waals surface area contributed by atoms with E-state index in [9.17, 15) is 0 Å². The molecule has 0 saturated carbocycles. The fourth-order valence-electron chi connectivity index (χ4n) is 2.87. The van der Waals surface area contributed by atoms with Gasteiger partial charge in [0, 0.05) is 11.5 Å². The predicted molar refractivity (Wildman–Crippen MR) is 84.8 cm³/mol. The predicted octanol–water partition coefficient (Wildman–Crippen LogP) is 4.84. The third kappa shape index (κ3) is 2.57. The summed E-state index contributed by atoms with van der Waals surface area (Å²) in [5.74, 6) is 2.26. The van der Waals surface area contributed by atoms with Crippen molar-refractivity contribution in [2.75, 3.05) is 0 Å². The molecule has 0 unspecified atom stereocenters. The van der Waals surface area contributed by atoms with Gasteiger partial charge in [-0.15, -0.1) is 0 Å². The minimum atomic E-state index is 1.13. The van der Waals surface area contributed by atoms with Crippen LogP contribution in [0.5, 0.6) is 0 Å². The summed E-state index contributed by atoms with van der Waals surface area (Å²) in [4.78, 5) is 0. The maximum Gasteiger partial charge on any atom is 0.0190 e. The Labute approximate surface area is 120 Å². The lowest BCUT2D eigenvalue weighted by Gasteiger charge is -2.11. The molecule has 1 aliphatic rings. The summed E-state index contributed by atoms with van der Waals surface area (Å²) < 4.78 is 0. The molecule has 1 heteroatoms. The monoisotopic (exact) mass is 268 g/mol. The van der Waals surface area contributed by atoms with Gasteiger partial charge >= 0.3 is 0 Å². The van der Waals surface area contributed by atoms with Crippen molar-refractivity contribution in [3.63, 3.8) is 0 Å². The number of fused-ring (bicyclic) bond motifs is 4. The van der Waals surface area contributed by atoms with Crippen molar-refractivity contribution < 1.29 is 0 Å². The Morgan fingerprint density at radius 2 is 1.11 bits per heavy atom. The average Bonchev–Trinajstić information content (AvgIpc) is 2.42. The van der Waals surface area contributed by atoms with E-state index in [-0.39, 0.29) is 0 Å². The number of thioether (sulfide) groups is 1. The highest BCUT2D eigenvalue weighted by Gasteiger charge is 2.10. The van der Waals surface area contributed by atoms with Crippen LogP contribution in [-0.2, 0) is 24.3 Å². The van der Waals surface area contributed by atoms with Crippen LogP contribution >= 0.6 is 11.8 Å². The molecule has 0 aliphatic carbocycles. The highest BCUT2D eigenvalue weighted by Crippen LogP contribution is 2.27. The fourth-order valence-corrected chi connectivity index (χ4v) is 4.04. The largest absolute Gasteiger partial charge is 0.152 e. The Hall–Kier alpha value is -1.21. The van der Waals surface area contributed by atoms with Crippen molar-refractivity contribution in [3.8, 4) is 0 Å². The van der Waals surface area contributed by atoms with Gasteiger partial charge in [-0.2, -0.15) is 11.8 Å². The molecule has 0 aromatic heterocycles. The molecule has 1 aliphatic heterocycles. The quantitative estimate of drug-likeness (QED) is 0.659. The molecule has 2 aromatic rings. The Morgan fingerprint density at radius 3 is 1.58 bits per heavy atom. The summed E-state index contributed by atoms with van der Waals surface area (Å²) in [6.45, 7) is 4.57. The number of benzene rings is 2. The zero-order valence-corrected chi connectivity index (χ0v) is 12.5. The van der Waals surface area contributed by atoms with Crippen LogP contribution in [0.4, 0.5) is 0 Å². The Morgan fingerprint density at radius 1 is 0.684 bits per heavy atom. The summed E-state index contributed by atoms with van der Waals surface area (Å²) >= 11 is 2.03. The van der Waals surface area contributed by atoms with Crippen LogP contribution in [-0.4, -0.2) is 0 Å². The first-order chi connectivity index (χ1) is 9.25. The van der Waals surface area contributed by atoms with Crippen molar-refractivity contribution in [1.29, 1.82) is 0 Å². The van der Waals surface area contributed by atoms with Gasteiger partial charge < -0.3 is 0 Å². The second-order valence-electron chi connectivity index (χ2n) is 5.40. The smallest absolute Gasteiger partial charge is 0.0190 e. The van der Waals surface area contributed by atoms with E-state index >= 15 is 0 Å². The van der Waals surface area contributed by atoms with E-state index in [0.29, 0.717) is 0 Å². The molecule has 0 nitrogen and oxygen atoms in total. The molecule has 98 valence electrons. The summed E-state index contributed by atoms with van der Waals surface area (Å²) in [7, 11) is 0. The molecule has 0 radical (unpaired) electrons. The van der Waals surface area contributed by atoms with Crippen LogP contribution in [0.3, 0.4) is 0 Å². The standard InChI is InChI=1S/C18H20S/c1-13-15-5-3-7-17(13)11-19-12-18-8-4-6-16(10-9-15)14(18)2/h3-8H,9-12H2,1-2H3. The molecule has 0 saturated heterocycles. The fraction of sp³-hybridized carbons (Fsp3) is 0.333. The van der Waals surface area contributed by atoms with Gasteiger partial charge in [0.15, 0.2) is 0 Å². The van der Waals surface area contributed by atoms with E-state index in [0.717, 1.165) is 24.3 Å². The van der Waals surface area contributed by atoms with E-state index in [1.807, 2.05) is 11.8 Å². The molecule has 2 aromatic carbocycles. The first kappa shape index (κ1) is 12.8. The van der Waals surface area contributed by atoms with Gasteiger partial charge in [0.1, 0.15) is 0 Å². The van der Waals surface area contributed by atoms with Crippen LogP contribution in [0.1, 0.15) is 33.4 Å². The number of hydrogen-bond acceptors (Lipinski definition) is 1. The van der Waals surface area contributed by atoms with E-state index in [2.05, 4.69) is 50.2 Å². The highest BCUT2D eigenvalue weighted by molar-refractivity contribution is 7.97. The second-order valence-corrected chi connectivity index (χ2v) is 6.38.